The van der Waals surface area contributed by atoms with Crippen molar-refractivity contribution in [3.05, 3.63) is 0 Å². The molecule has 1 heterocycles. The molecule has 9 heteroatoms. The summed E-state index contributed by atoms with van der Waals surface area (Å²) in [6, 6.07) is 0. The summed E-state index contributed by atoms with van der Waals surface area (Å²) >= 11 is 0. The zero-order valence-electron chi connectivity index (χ0n) is 7.74. The number of hydrogen-bond acceptors (Lipinski definition) is 5. The van der Waals surface area contributed by atoms with Crippen molar-refractivity contribution in [1.29, 1.82) is 0 Å². The molecule has 0 radical (unpaired) electrons. The molecule has 1 rings (SSSR count). The SMILES string of the molecule is O=S(=O)(O)C[C@H]1COC[C@H]1CS(=O)(=O)O. The molecule has 1 fully saturated rings. The van der Waals surface area contributed by atoms with Crippen molar-refractivity contribution in [1.82, 2.24) is 0 Å². The van der Waals surface area contributed by atoms with Gasteiger partial charge in [0.05, 0.1) is 24.7 Å². The lowest BCUT2D eigenvalue weighted by atomic mass is 10.0. The quantitative estimate of drug-likeness (QED) is 0.624. The Morgan fingerprint density at radius 1 is 0.933 bits per heavy atom. The fourth-order valence-electron chi connectivity index (χ4n) is 1.55. The van der Waals surface area contributed by atoms with Crippen molar-refractivity contribution in [2.75, 3.05) is 24.7 Å². The van der Waals surface area contributed by atoms with E-state index in [9.17, 15) is 16.8 Å². The van der Waals surface area contributed by atoms with E-state index >= 15 is 0 Å². The summed E-state index contributed by atoms with van der Waals surface area (Å²) < 4.78 is 64.5. The second-order valence-electron chi connectivity index (χ2n) is 3.55. The standard InChI is InChI=1S/C6H12O7S2/c7-14(8,9)3-5-1-13-2-6(5)4-15(10,11)12/h5-6H,1-4H2,(H,7,8,9)(H,10,11,12)/t5-,6+. The van der Waals surface area contributed by atoms with Crippen molar-refractivity contribution in [3.8, 4) is 0 Å². The lowest BCUT2D eigenvalue weighted by molar-refractivity contribution is 0.183. The van der Waals surface area contributed by atoms with Gasteiger partial charge in [0.1, 0.15) is 0 Å². The molecule has 1 saturated heterocycles. The minimum atomic E-state index is -4.15. The van der Waals surface area contributed by atoms with Gasteiger partial charge in [0.2, 0.25) is 0 Å². The van der Waals surface area contributed by atoms with Crippen molar-refractivity contribution in [2.24, 2.45) is 11.8 Å². The second kappa shape index (κ2) is 4.34. The first-order chi connectivity index (χ1) is 6.67. The summed E-state index contributed by atoms with van der Waals surface area (Å²) in [6.07, 6.45) is 0. The molecular formula is C6H12O7S2. The zero-order chi connectivity index (χ0) is 11.7. The Hall–Kier alpha value is -0.220. The highest BCUT2D eigenvalue weighted by molar-refractivity contribution is 7.86. The molecule has 0 aliphatic carbocycles. The maximum absolute atomic E-state index is 10.6. The third kappa shape index (κ3) is 4.89. The third-order valence-corrected chi connectivity index (χ3v) is 3.88. The molecular weight excluding hydrogens is 248 g/mol. The molecule has 0 aromatic heterocycles. The Balaban J connectivity index is 2.66. The molecule has 0 amide bonds. The van der Waals surface area contributed by atoms with Crippen LogP contribution in [-0.4, -0.2) is 50.7 Å². The summed E-state index contributed by atoms with van der Waals surface area (Å²) in [5.74, 6) is -2.29. The van der Waals surface area contributed by atoms with Crippen LogP contribution < -0.4 is 0 Å². The van der Waals surface area contributed by atoms with Gasteiger partial charge in [0, 0.05) is 11.8 Å². The first kappa shape index (κ1) is 12.8. The molecule has 2 N–H and O–H groups in total. The second-order valence-corrected chi connectivity index (χ2v) is 6.55. The number of ether oxygens (including phenoxy) is 1. The first-order valence-corrected chi connectivity index (χ1v) is 7.37. The van der Waals surface area contributed by atoms with Gasteiger partial charge in [-0.3, -0.25) is 9.11 Å². The van der Waals surface area contributed by atoms with Crippen LogP contribution in [0.15, 0.2) is 0 Å². The molecule has 0 aromatic rings. The Bertz CT molecular complexity index is 369. The van der Waals surface area contributed by atoms with Gasteiger partial charge in [-0.05, 0) is 0 Å². The van der Waals surface area contributed by atoms with Crippen molar-refractivity contribution >= 4 is 20.2 Å². The zero-order valence-corrected chi connectivity index (χ0v) is 9.37. The molecule has 0 bridgehead atoms. The Morgan fingerprint density at radius 3 is 1.53 bits per heavy atom. The van der Waals surface area contributed by atoms with E-state index in [-0.39, 0.29) is 13.2 Å². The third-order valence-electron chi connectivity index (χ3n) is 2.18. The van der Waals surface area contributed by atoms with E-state index in [4.69, 9.17) is 13.8 Å². The smallest absolute Gasteiger partial charge is 0.265 e. The summed E-state index contributed by atoms with van der Waals surface area (Å²) in [5, 5.41) is 0. The average Bonchev–Trinajstić information content (AvgIpc) is 2.29. The predicted octanol–water partition coefficient (Wildman–Crippen LogP) is -0.975. The first-order valence-electron chi connectivity index (χ1n) is 4.15. The van der Waals surface area contributed by atoms with Crippen LogP contribution in [0.1, 0.15) is 0 Å². The van der Waals surface area contributed by atoms with Gasteiger partial charge >= 0.3 is 0 Å². The minimum absolute atomic E-state index is 0.0694. The summed E-state index contributed by atoms with van der Waals surface area (Å²) in [6.45, 7) is 0.139. The Labute approximate surface area is 87.9 Å². The van der Waals surface area contributed by atoms with E-state index in [1.807, 2.05) is 0 Å². The fraction of sp³-hybridized carbons (Fsp3) is 1.00. The summed E-state index contributed by atoms with van der Waals surface area (Å²) in [4.78, 5) is 0. The van der Waals surface area contributed by atoms with Crippen LogP contribution in [0, 0.1) is 11.8 Å². The molecule has 2 atom stereocenters. The molecule has 7 nitrogen and oxygen atoms in total. The van der Waals surface area contributed by atoms with Crippen LogP contribution >= 0.6 is 0 Å². The maximum atomic E-state index is 10.6. The monoisotopic (exact) mass is 260 g/mol. The van der Waals surface area contributed by atoms with Crippen LogP contribution in [0.4, 0.5) is 0 Å². The lowest BCUT2D eigenvalue weighted by Crippen LogP contribution is -2.27. The van der Waals surface area contributed by atoms with Gasteiger partial charge in [0.25, 0.3) is 20.2 Å². The molecule has 0 unspecified atom stereocenters. The van der Waals surface area contributed by atoms with Crippen LogP contribution in [0.25, 0.3) is 0 Å². The minimum Gasteiger partial charge on any atom is -0.381 e. The van der Waals surface area contributed by atoms with E-state index in [2.05, 4.69) is 0 Å². The van der Waals surface area contributed by atoms with Crippen LogP contribution in [0.3, 0.4) is 0 Å². The summed E-state index contributed by atoms with van der Waals surface area (Å²) in [7, 11) is -8.31. The number of hydrogen-bond donors (Lipinski definition) is 2. The van der Waals surface area contributed by atoms with Gasteiger partial charge in [0.15, 0.2) is 0 Å². The topological polar surface area (TPSA) is 118 Å². The van der Waals surface area contributed by atoms with Gasteiger partial charge in [-0.2, -0.15) is 16.8 Å². The highest BCUT2D eigenvalue weighted by Crippen LogP contribution is 2.23. The molecule has 1 aliphatic heterocycles. The molecule has 0 spiro atoms. The van der Waals surface area contributed by atoms with Gasteiger partial charge in [-0.1, -0.05) is 0 Å². The molecule has 1 aliphatic rings. The van der Waals surface area contributed by atoms with E-state index in [0.717, 1.165) is 0 Å². The van der Waals surface area contributed by atoms with Gasteiger partial charge < -0.3 is 4.74 Å². The van der Waals surface area contributed by atoms with Crippen molar-refractivity contribution in [2.45, 2.75) is 0 Å². The van der Waals surface area contributed by atoms with Crippen LogP contribution in [-0.2, 0) is 25.0 Å². The molecule has 15 heavy (non-hydrogen) atoms. The van der Waals surface area contributed by atoms with Gasteiger partial charge in [-0.15, -0.1) is 0 Å². The molecule has 0 aromatic carbocycles. The van der Waals surface area contributed by atoms with Gasteiger partial charge in [-0.25, -0.2) is 0 Å². The average molecular weight is 260 g/mol. The number of rotatable bonds is 4. The molecule has 0 saturated carbocycles. The Kier molecular flexibility index (Phi) is 3.71. The van der Waals surface area contributed by atoms with E-state index in [1.54, 1.807) is 0 Å². The molecule has 90 valence electrons. The van der Waals surface area contributed by atoms with Crippen molar-refractivity contribution in [3.63, 3.8) is 0 Å². The normalized spacial score (nSPS) is 28.1. The highest BCUT2D eigenvalue weighted by atomic mass is 32.2. The van der Waals surface area contributed by atoms with E-state index in [1.165, 1.54) is 0 Å². The van der Waals surface area contributed by atoms with Crippen LogP contribution in [0.2, 0.25) is 0 Å². The summed E-state index contributed by atoms with van der Waals surface area (Å²) in [5.41, 5.74) is 0. The van der Waals surface area contributed by atoms with E-state index < -0.39 is 43.6 Å². The highest BCUT2D eigenvalue weighted by Gasteiger charge is 2.34. The maximum Gasteiger partial charge on any atom is 0.265 e. The Morgan fingerprint density at radius 2 is 1.27 bits per heavy atom. The van der Waals surface area contributed by atoms with Crippen molar-refractivity contribution < 1.29 is 30.7 Å². The van der Waals surface area contributed by atoms with E-state index in [0.29, 0.717) is 0 Å². The van der Waals surface area contributed by atoms with Crippen LogP contribution in [0.5, 0.6) is 0 Å². The fourth-order valence-corrected chi connectivity index (χ4v) is 3.37. The predicted molar refractivity (Wildman–Crippen MR) is 50.6 cm³/mol. The lowest BCUT2D eigenvalue weighted by Gasteiger charge is -2.13. The largest absolute Gasteiger partial charge is 0.381 e.